The average Bonchev–Trinajstić information content (AvgIpc) is 3.12. The van der Waals surface area contributed by atoms with Gasteiger partial charge >= 0.3 is 0 Å². The Morgan fingerprint density at radius 2 is 2.11 bits per heavy atom. The maximum Gasteiger partial charge on any atom is 0.227 e. The summed E-state index contributed by atoms with van der Waals surface area (Å²) in [5.74, 6) is 0.144. The lowest BCUT2D eigenvalue weighted by molar-refractivity contribution is -0.116. The van der Waals surface area contributed by atoms with Gasteiger partial charge in [0.05, 0.1) is 6.61 Å². The highest BCUT2D eigenvalue weighted by molar-refractivity contribution is 5.90. The van der Waals surface area contributed by atoms with Crippen LogP contribution in [-0.4, -0.2) is 23.2 Å². The highest BCUT2D eigenvalue weighted by Gasteiger charge is 2.12. The van der Waals surface area contributed by atoms with Gasteiger partial charge in [-0.05, 0) is 36.2 Å². The molecule has 140 valence electrons. The Morgan fingerprint density at radius 3 is 2.89 bits per heavy atom. The van der Waals surface area contributed by atoms with Crippen molar-refractivity contribution in [1.29, 1.82) is 0 Å². The van der Waals surface area contributed by atoms with Gasteiger partial charge in [0.25, 0.3) is 0 Å². The van der Waals surface area contributed by atoms with Crippen molar-refractivity contribution in [2.24, 2.45) is 0 Å². The predicted octanol–water partition coefficient (Wildman–Crippen LogP) is 3.90. The van der Waals surface area contributed by atoms with E-state index in [1.807, 2.05) is 24.3 Å². The molecule has 6 nitrogen and oxygen atoms in total. The summed E-state index contributed by atoms with van der Waals surface area (Å²) in [6, 6.07) is 12.2. The number of anilines is 1. The standard InChI is InChI=1S/C20H20FN3O3/c1-13-6-7-15(11-17(13)21)20-23-19(27-24-20)9-8-18(25)22-16-5-3-4-14(10-16)12-26-2/h3-7,10-11H,8-9,12H2,1-2H3,(H,22,25). The lowest BCUT2D eigenvalue weighted by Crippen LogP contribution is -2.12. The monoisotopic (exact) mass is 369 g/mol. The van der Waals surface area contributed by atoms with Crippen LogP contribution in [0.1, 0.15) is 23.4 Å². The van der Waals surface area contributed by atoms with Gasteiger partial charge in [-0.2, -0.15) is 4.98 Å². The average molecular weight is 369 g/mol. The molecule has 0 spiro atoms. The van der Waals surface area contributed by atoms with Gasteiger partial charge in [-0.1, -0.05) is 29.4 Å². The van der Waals surface area contributed by atoms with Gasteiger partial charge in [-0.25, -0.2) is 4.39 Å². The minimum atomic E-state index is -0.325. The lowest BCUT2D eigenvalue weighted by atomic mass is 10.1. The molecule has 1 amide bonds. The van der Waals surface area contributed by atoms with Crippen LogP contribution in [0.25, 0.3) is 11.4 Å². The molecule has 27 heavy (non-hydrogen) atoms. The van der Waals surface area contributed by atoms with E-state index in [-0.39, 0.29) is 18.1 Å². The van der Waals surface area contributed by atoms with E-state index in [2.05, 4.69) is 15.5 Å². The van der Waals surface area contributed by atoms with E-state index in [0.717, 1.165) is 5.56 Å². The summed E-state index contributed by atoms with van der Waals surface area (Å²) in [6.07, 6.45) is 0.489. The minimum Gasteiger partial charge on any atom is -0.380 e. The van der Waals surface area contributed by atoms with Crippen molar-refractivity contribution in [1.82, 2.24) is 10.1 Å². The minimum absolute atomic E-state index is 0.161. The van der Waals surface area contributed by atoms with Crippen molar-refractivity contribution >= 4 is 11.6 Å². The number of methoxy groups -OCH3 is 1. The van der Waals surface area contributed by atoms with Gasteiger partial charge in [0.15, 0.2) is 0 Å². The number of carbonyl (C=O) groups excluding carboxylic acids is 1. The zero-order valence-electron chi connectivity index (χ0n) is 15.2. The van der Waals surface area contributed by atoms with E-state index >= 15 is 0 Å². The molecule has 1 heterocycles. The molecule has 0 unspecified atom stereocenters. The highest BCUT2D eigenvalue weighted by Crippen LogP contribution is 2.19. The van der Waals surface area contributed by atoms with Crippen LogP contribution in [0.4, 0.5) is 10.1 Å². The summed E-state index contributed by atoms with van der Waals surface area (Å²) in [5, 5.41) is 6.68. The number of aromatic nitrogens is 2. The molecule has 2 aromatic carbocycles. The van der Waals surface area contributed by atoms with Crippen molar-refractivity contribution < 1.29 is 18.4 Å². The van der Waals surface area contributed by atoms with E-state index in [4.69, 9.17) is 9.26 Å². The number of aryl methyl sites for hydroxylation is 2. The van der Waals surface area contributed by atoms with Gasteiger partial charge in [-0.15, -0.1) is 0 Å². The maximum atomic E-state index is 13.7. The molecule has 0 atom stereocenters. The molecule has 7 heteroatoms. The van der Waals surface area contributed by atoms with Gasteiger partial charge < -0.3 is 14.6 Å². The van der Waals surface area contributed by atoms with Crippen LogP contribution < -0.4 is 5.32 Å². The van der Waals surface area contributed by atoms with Crippen LogP contribution in [0, 0.1) is 12.7 Å². The van der Waals surface area contributed by atoms with Gasteiger partial charge in [-0.3, -0.25) is 4.79 Å². The van der Waals surface area contributed by atoms with Crippen molar-refractivity contribution in [2.75, 3.05) is 12.4 Å². The second kappa shape index (κ2) is 8.55. The molecule has 3 aromatic rings. The summed E-state index contributed by atoms with van der Waals surface area (Å²) < 4.78 is 23.9. The fourth-order valence-corrected chi connectivity index (χ4v) is 2.56. The number of benzene rings is 2. The number of amides is 1. The number of carbonyl (C=O) groups is 1. The molecule has 0 aliphatic rings. The molecular formula is C20H20FN3O3. The van der Waals surface area contributed by atoms with Gasteiger partial charge in [0.1, 0.15) is 5.82 Å². The topological polar surface area (TPSA) is 77.2 Å². The summed E-state index contributed by atoms with van der Waals surface area (Å²) in [7, 11) is 1.62. The molecule has 0 radical (unpaired) electrons. The Kier molecular flexibility index (Phi) is 5.93. The van der Waals surface area contributed by atoms with Crippen LogP contribution in [0.15, 0.2) is 47.0 Å². The quantitative estimate of drug-likeness (QED) is 0.683. The largest absolute Gasteiger partial charge is 0.380 e. The summed E-state index contributed by atoms with van der Waals surface area (Å²) in [6.45, 7) is 2.17. The van der Waals surface area contributed by atoms with Crippen LogP contribution in [0.2, 0.25) is 0 Å². The Labute approximate surface area is 156 Å². The number of halogens is 1. The first-order chi connectivity index (χ1) is 13.0. The Morgan fingerprint density at radius 1 is 1.26 bits per heavy atom. The van der Waals surface area contributed by atoms with E-state index in [1.165, 1.54) is 6.07 Å². The van der Waals surface area contributed by atoms with Crippen LogP contribution in [0.3, 0.4) is 0 Å². The first-order valence-electron chi connectivity index (χ1n) is 8.52. The highest BCUT2D eigenvalue weighted by atomic mass is 19.1. The number of hydrogen-bond donors (Lipinski definition) is 1. The number of nitrogens with zero attached hydrogens (tertiary/aromatic N) is 2. The van der Waals surface area contributed by atoms with Crippen LogP contribution in [-0.2, 0) is 22.6 Å². The molecule has 0 bridgehead atoms. The van der Waals surface area contributed by atoms with Crippen molar-refractivity contribution in [2.45, 2.75) is 26.4 Å². The Balaban J connectivity index is 1.57. The normalized spacial score (nSPS) is 10.8. The molecule has 1 N–H and O–H groups in total. The summed E-state index contributed by atoms with van der Waals surface area (Å²) >= 11 is 0. The number of rotatable bonds is 7. The molecule has 0 aliphatic carbocycles. The van der Waals surface area contributed by atoms with E-state index in [9.17, 15) is 9.18 Å². The second-order valence-corrected chi connectivity index (χ2v) is 6.16. The molecule has 0 fully saturated rings. The lowest BCUT2D eigenvalue weighted by Gasteiger charge is -2.06. The number of hydrogen-bond acceptors (Lipinski definition) is 5. The Hall–Kier alpha value is -3.06. The van der Waals surface area contributed by atoms with Crippen molar-refractivity contribution in [3.63, 3.8) is 0 Å². The van der Waals surface area contributed by atoms with Gasteiger partial charge in [0.2, 0.25) is 17.6 Å². The molecule has 0 saturated heterocycles. The third-order valence-corrected chi connectivity index (χ3v) is 3.99. The molecule has 3 rings (SSSR count). The fourth-order valence-electron chi connectivity index (χ4n) is 2.56. The maximum absolute atomic E-state index is 13.7. The zero-order chi connectivity index (χ0) is 19.2. The third-order valence-electron chi connectivity index (χ3n) is 3.99. The third kappa shape index (κ3) is 4.98. The smallest absolute Gasteiger partial charge is 0.227 e. The van der Waals surface area contributed by atoms with Crippen molar-refractivity contribution in [3.8, 4) is 11.4 Å². The first-order valence-corrected chi connectivity index (χ1v) is 8.52. The molecule has 0 aliphatic heterocycles. The van der Waals surface area contributed by atoms with E-state index < -0.39 is 0 Å². The predicted molar refractivity (Wildman–Crippen MR) is 98.5 cm³/mol. The van der Waals surface area contributed by atoms with Crippen molar-refractivity contribution in [3.05, 3.63) is 65.3 Å². The Bertz CT molecular complexity index is 940. The number of nitrogens with one attached hydrogen (secondary N) is 1. The molecule has 1 aromatic heterocycles. The summed E-state index contributed by atoms with van der Waals surface area (Å²) in [4.78, 5) is 16.4. The van der Waals surface area contributed by atoms with E-state index in [0.29, 0.717) is 41.6 Å². The van der Waals surface area contributed by atoms with Gasteiger partial charge in [0, 0.05) is 31.2 Å². The fraction of sp³-hybridized carbons (Fsp3) is 0.250. The molecule has 0 saturated carbocycles. The SMILES string of the molecule is COCc1cccc(NC(=O)CCc2nc(-c3ccc(C)c(F)c3)no2)c1. The van der Waals surface area contributed by atoms with Crippen LogP contribution in [0.5, 0.6) is 0 Å². The zero-order valence-corrected chi connectivity index (χ0v) is 15.2. The van der Waals surface area contributed by atoms with Crippen LogP contribution >= 0.6 is 0 Å². The molecular weight excluding hydrogens is 349 g/mol. The summed E-state index contributed by atoms with van der Waals surface area (Å²) in [5.41, 5.74) is 2.76. The van der Waals surface area contributed by atoms with E-state index in [1.54, 1.807) is 26.2 Å². The first kappa shape index (κ1) is 18.7. The number of ether oxygens (including phenoxy) is 1. The second-order valence-electron chi connectivity index (χ2n) is 6.16.